The highest BCUT2D eigenvalue weighted by atomic mass is 35.5. The Bertz CT molecular complexity index is 897. The lowest BCUT2D eigenvalue weighted by atomic mass is 10.2. The van der Waals surface area contributed by atoms with Crippen molar-refractivity contribution < 1.29 is 26.3 Å². The molecule has 1 aliphatic heterocycles. The Hall–Kier alpha value is -1.93. The van der Waals surface area contributed by atoms with Gasteiger partial charge in [0, 0.05) is 6.42 Å². The lowest BCUT2D eigenvalue weighted by Gasteiger charge is -2.13. The molecule has 1 heterocycles. The molecule has 1 aliphatic rings. The Morgan fingerprint density at radius 2 is 1.88 bits per heavy atom. The first-order valence-electron chi connectivity index (χ1n) is 6.82. The predicted molar refractivity (Wildman–Crippen MR) is 82.9 cm³/mol. The van der Waals surface area contributed by atoms with E-state index in [1.165, 1.54) is 18.2 Å². The van der Waals surface area contributed by atoms with Crippen molar-refractivity contribution in [1.29, 1.82) is 0 Å². The van der Waals surface area contributed by atoms with Crippen LogP contribution in [0.4, 0.5) is 18.9 Å². The summed E-state index contributed by atoms with van der Waals surface area (Å²) in [7, 11) is -4.08. The predicted octanol–water partition coefficient (Wildman–Crippen LogP) is 4.09. The lowest BCUT2D eigenvalue weighted by molar-refractivity contribution is -0.137. The number of sulfonamides is 1. The molecule has 0 amide bonds. The summed E-state index contributed by atoms with van der Waals surface area (Å²) in [5, 5.41) is -0.129. The van der Waals surface area contributed by atoms with Crippen LogP contribution in [-0.4, -0.2) is 15.0 Å². The van der Waals surface area contributed by atoms with Gasteiger partial charge in [-0.3, -0.25) is 4.72 Å². The number of halogens is 4. The van der Waals surface area contributed by atoms with Crippen molar-refractivity contribution in [2.75, 3.05) is 11.3 Å². The van der Waals surface area contributed by atoms with Crippen molar-refractivity contribution in [3.8, 4) is 5.75 Å². The third-order valence-corrected chi connectivity index (χ3v) is 5.20. The number of hydrogen-bond acceptors (Lipinski definition) is 3. The Morgan fingerprint density at radius 1 is 1.12 bits per heavy atom. The number of fused-ring (bicyclic) bond motifs is 1. The van der Waals surface area contributed by atoms with E-state index in [1.54, 1.807) is 0 Å². The van der Waals surface area contributed by atoms with Gasteiger partial charge in [-0.2, -0.15) is 13.2 Å². The van der Waals surface area contributed by atoms with Crippen LogP contribution in [0.3, 0.4) is 0 Å². The Morgan fingerprint density at radius 3 is 2.58 bits per heavy atom. The van der Waals surface area contributed by atoms with Crippen molar-refractivity contribution in [1.82, 2.24) is 0 Å². The number of nitrogens with one attached hydrogen (secondary N) is 1. The van der Waals surface area contributed by atoms with Crippen LogP contribution in [0.25, 0.3) is 0 Å². The van der Waals surface area contributed by atoms with Crippen molar-refractivity contribution in [3.63, 3.8) is 0 Å². The normalized spacial score (nSPS) is 14.2. The van der Waals surface area contributed by atoms with Gasteiger partial charge in [-0.05, 0) is 42.0 Å². The summed E-state index contributed by atoms with van der Waals surface area (Å²) in [4.78, 5) is -0.0692. The van der Waals surface area contributed by atoms with Gasteiger partial charge in [0.05, 0.1) is 27.8 Å². The van der Waals surface area contributed by atoms with Gasteiger partial charge in [-0.15, -0.1) is 0 Å². The maximum Gasteiger partial charge on any atom is 0.416 e. The van der Waals surface area contributed by atoms with Gasteiger partial charge in [-0.1, -0.05) is 11.6 Å². The van der Waals surface area contributed by atoms with Crippen LogP contribution in [0, 0.1) is 0 Å². The maximum absolute atomic E-state index is 12.8. The molecule has 0 unspecified atom stereocenters. The van der Waals surface area contributed by atoms with E-state index < -0.39 is 21.8 Å². The summed E-state index contributed by atoms with van der Waals surface area (Å²) in [5.74, 6) is 0.603. The van der Waals surface area contributed by atoms with Crippen LogP contribution >= 0.6 is 11.6 Å². The lowest BCUT2D eigenvalue weighted by Crippen LogP contribution is -2.14. The zero-order valence-electron chi connectivity index (χ0n) is 12.0. The first-order chi connectivity index (χ1) is 11.2. The highest BCUT2D eigenvalue weighted by Crippen LogP contribution is 2.35. The molecule has 0 saturated carbocycles. The second-order valence-electron chi connectivity index (χ2n) is 5.17. The molecule has 0 aliphatic carbocycles. The third kappa shape index (κ3) is 3.29. The standard InChI is InChI=1S/C15H11ClF3NO3S/c16-12-3-1-10(15(17,18)19)8-13(12)20-24(21,22)11-2-4-14-9(7-11)5-6-23-14/h1-4,7-8,20H,5-6H2. The molecule has 0 saturated heterocycles. The van der Waals surface area contributed by atoms with E-state index in [4.69, 9.17) is 16.3 Å². The Balaban J connectivity index is 1.95. The number of ether oxygens (including phenoxy) is 1. The second-order valence-corrected chi connectivity index (χ2v) is 7.26. The largest absolute Gasteiger partial charge is 0.493 e. The zero-order chi connectivity index (χ0) is 17.5. The molecule has 1 N–H and O–H groups in total. The molecule has 3 rings (SSSR count). The van der Waals surface area contributed by atoms with E-state index in [0.717, 1.165) is 17.7 Å². The monoisotopic (exact) mass is 377 g/mol. The highest BCUT2D eigenvalue weighted by molar-refractivity contribution is 7.92. The topological polar surface area (TPSA) is 55.4 Å². The van der Waals surface area contributed by atoms with Gasteiger partial charge in [0.25, 0.3) is 10.0 Å². The minimum atomic E-state index is -4.60. The first kappa shape index (κ1) is 16.9. The molecule has 4 nitrogen and oxygen atoms in total. The van der Waals surface area contributed by atoms with Crippen molar-refractivity contribution in [3.05, 3.63) is 52.5 Å². The van der Waals surface area contributed by atoms with E-state index >= 15 is 0 Å². The average Bonchev–Trinajstić information content (AvgIpc) is 2.95. The van der Waals surface area contributed by atoms with Crippen LogP contribution in [0.15, 0.2) is 41.3 Å². The van der Waals surface area contributed by atoms with Crippen molar-refractivity contribution in [2.45, 2.75) is 17.5 Å². The summed E-state index contributed by atoms with van der Waals surface area (Å²) in [6.45, 7) is 0.464. The summed E-state index contributed by atoms with van der Waals surface area (Å²) in [5.41, 5.74) is -0.594. The fourth-order valence-electron chi connectivity index (χ4n) is 2.31. The molecule has 0 spiro atoms. The van der Waals surface area contributed by atoms with Crippen LogP contribution in [0.2, 0.25) is 5.02 Å². The minimum Gasteiger partial charge on any atom is -0.493 e. The van der Waals surface area contributed by atoms with Gasteiger partial charge >= 0.3 is 6.18 Å². The SMILES string of the molecule is O=S(=O)(Nc1cc(C(F)(F)F)ccc1Cl)c1ccc2c(c1)CCO2. The summed E-state index contributed by atoms with van der Waals surface area (Å²) >= 11 is 5.82. The fourth-order valence-corrected chi connectivity index (χ4v) is 3.66. The summed E-state index contributed by atoms with van der Waals surface area (Å²) in [6, 6.07) is 6.73. The molecule has 0 fully saturated rings. The molecule has 0 aromatic heterocycles. The van der Waals surface area contributed by atoms with E-state index in [2.05, 4.69) is 4.72 Å². The Labute approximate surface area is 141 Å². The van der Waals surface area contributed by atoms with Crippen LogP contribution in [-0.2, 0) is 22.6 Å². The quantitative estimate of drug-likeness (QED) is 0.876. The minimum absolute atomic E-state index is 0.0692. The molecule has 9 heteroatoms. The molecule has 0 radical (unpaired) electrons. The zero-order valence-corrected chi connectivity index (χ0v) is 13.6. The van der Waals surface area contributed by atoms with Gasteiger partial charge in [0.1, 0.15) is 5.75 Å². The maximum atomic E-state index is 12.8. The third-order valence-electron chi connectivity index (χ3n) is 3.51. The summed E-state index contributed by atoms with van der Waals surface area (Å²) in [6.07, 6.45) is -4.03. The van der Waals surface area contributed by atoms with E-state index in [0.29, 0.717) is 24.8 Å². The van der Waals surface area contributed by atoms with Gasteiger partial charge in [0.2, 0.25) is 0 Å². The second kappa shape index (κ2) is 5.86. The highest BCUT2D eigenvalue weighted by Gasteiger charge is 2.31. The molecule has 24 heavy (non-hydrogen) atoms. The van der Waals surface area contributed by atoms with Crippen LogP contribution in [0.1, 0.15) is 11.1 Å². The molecule has 0 bridgehead atoms. The number of benzene rings is 2. The fraction of sp³-hybridized carbons (Fsp3) is 0.200. The van der Waals surface area contributed by atoms with Crippen molar-refractivity contribution >= 4 is 27.3 Å². The molecule has 128 valence electrons. The van der Waals surface area contributed by atoms with E-state index in [1.807, 2.05) is 0 Å². The van der Waals surface area contributed by atoms with E-state index in [-0.39, 0.29) is 15.6 Å². The molecular formula is C15H11ClF3NO3S. The van der Waals surface area contributed by atoms with Crippen LogP contribution < -0.4 is 9.46 Å². The number of anilines is 1. The van der Waals surface area contributed by atoms with E-state index in [9.17, 15) is 21.6 Å². The molecule has 2 aromatic rings. The number of hydrogen-bond donors (Lipinski definition) is 1. The smallest absolute Gasteiger partial charge is 0.416 e. The molecular weight excluding hydrogens is 367 g/mol. The van der Waals surface area contributed by atoms with Crippen molar-refractivity contribution in [2.24, 2.45) is 0 Å². The van der Waals surface area contributed by atoms with Gasteiger partial charge in [0.15, 0.2) is 0 Å². The van der Waals surface area contributed by atoms with Gasteiger partial charge < -0.3 is 4.74 Å². The average molecular weight is 378 g/mol. The van der Waals surface area contributed by atoms with Crippen LogP contribution in [0.5, 0.6) is 5.75 Å². The summed E-state index contributed by atoms with van der Waals surface area (Å²) < 4.78 is 70.6. The molecule has 2 aromatic carbocycles. The number of alkyl halides is 3. The Kier molecular flexibility index (Phi) is 4.13. The first-order valence-corrected chi connectivity index (χ1v) is 8.68. The molecule has 0 atom stereocenters. The number of rotatable bonds is 3. The van der Waals surface area contributed by atoms with Gasteiger partial charge in [-0.25, -0.2) is 8.42 Å².